The van der Waals surface area contributed by atoms with Gasteiger partial charge in [0.1, 0.15) is 56.9 Å². The molecule has 2 saturated carbocycles. The van der Waals surface area contributed by atoms with E-state index in [-0.39, 0.29) is 41.5 Å². The smallest absolute Gasteiger partial charge is 0.341 e. The van der Waals surface area contributed by atoms with Crippen LogP contribution in [0.15, 0.2) is 170 Å². The molecule has 2 fully saturated rings. The summed E-state index contributed by atoms with van der Waals surface area (Å²) in [6, 6.07) is 53.6. The molecule has 0 heterocycles. The average Bonchev–Trinajstić information content (AvgIpc) is 0.837. The highest BCUT2D eigenvalue weighted by Gasteiger charge is 2.23. The highest BCUT2D eigenvalue weighted by molar-refractivity contribution is 5.93. The summed E-state index contributed by atoms with van der Waals surface area (Å²) >= 11 is 0. The number of phenolic OH excluding ortho intramolecular Hbond substituents is 4. The Morgan fingerprint density at radius 2 is 0.541 bits per heavy atom. The standard InChI is InChI=1S/C22H36O3.C20H32O2.C16H24O4.C14H22O2.2C12H16O3.2C10H14O/c1-5-17(3)20-12-13-21(22(16-20)23-6-2)25-18(4)24-15-14-19-10-8-7-9-11-19;1-4-16(2)19-10-12-20(13-11-19)22-17(3)21-15-14-18-8-6-5-7-9-18;1-6-11(3)13-8-9-15(20-12(4)19-7-2)14(10-13)16(17)18-5;1-5-11(3)13-7-9-14(10-8-13)16-12(4)15-6-2;2*1-4-8(2)9-5-6-11(13)10(7-9)12(14)15-3;2*1-3-8(2)9-4-6-10(11)7-5-9/h12-13,16-19H,5-11,14-15H2,1-4H3;10-13,16-18H,4-9,14-15H2,1-3H3;8-12H,6-7H2,1-5H3;7-12H,5-6H2,1-4H3;2*5-8,13H,4H2,1-3H3;2*4-8,11H,3H2,1-2H3. The van der Waals surface area contributed by atoms with Crippen molar-refractivity contribution in [2.45, 2.75) is 360 Å². The molecular formula is C116H174O19. The minimum atomic E-state index is -0.502. The molecule has 2 aliphatic rings. The van der Waals surface area contributed by atoms with Gasteiger partial charge in [0.15, 0.2) is 36.7 Å². The number of ether oxygens (including phenoxy) is 12. The number of carbonyl (C=O) groups is 3. The Labute approximate surface area is 814 Å². The van der Waals surface area contributed by atoms with Crippen LogP contribution in [0.4, 0.5) is 0 Å². The Morgan fingerprint density at radius 3 is 0.859 bits per heavy atom. The van der Waals surface area contributed by atoms with Crippen molar-refractivity contribution in [2.24, 2.45) is 11.8 Å². The van der Waals surface area contributed by atoms with Gasteiger partial charge in [-0.3, -0.25) is 0 Å². The van der Waals surface area contributed by atoms with E-state index in [4.69, 9.17) is 57.6 Å². The van der Waals surface area contributed by atoms with Crippen LogP contribution in [0.5, 0.6) is 51.7 Å². The first-order chi connectivity index (χ1) is 64.7. The zero-order chi connectivity index (χ0) is 100. The highest BCUT2D eigenvalue weighted by atomic mass is 16.7. The fourth-order valence-corrected chi connectivity index (χ4v) is 15.0. The molecule has 135 heavy (non-hydrogen) atoms. The monoisotopic (exact) mass is 1870 g/mol. The largest absolute Gasteiger partial charge is 0.508 e. The summed E-state index contributed by atoms with van der Waals surface area (Å²) in [6.45, 7) is 51.6. The maximum Gasteiger partial charge on any atom is 0.341 e. The fraction of sp³-hybridized carbons (Fsp3) is 0.560. The lowest BCUT2D eigenvalue weighted by molar-refractivity contribution is -0.0723. The van der Waals surface area contributed by atoms with E-state index in [2.05, 4.69) is 169 Å². The van der Waals surface area contributed by atoms with Crippen LogP contribution >= 0.6 is 0 Å². The molecule has 0 bridgehead atoms. The molecule has 0 radical (unpaired) electrons. The summed E-state index contributed by atoms with van der Waals surface area (Å²) in [6.07, 6.45) is 24.0. The molecule has 8 aromatic carbocycles. The van der Waals surface area contributed by atoms with E-state index in [0.717, 1.165) is 116 Å². The third kappa shape index (κ3) is 45.8. The number of benzene rings is 8. The van der Waals surface area contributed by atoms with Crippen LogP contribution < -0.4 is 23.7 Å². The van der Waals surface area contributed by atoms with Gasteiger partial charge >= 0.3 is 17.9 Å². The highest BCUT2D eigenvalue weighted by Crippen LogP contribution is 2.37. The van der Waals surface area contributed by atoms with Gasteiger partial charge in [-0.1, -0.05) is 248 Å². The van der Waals surface area contributed by atoms with Crippen molar-refractivity contribution < 1.29 is 91.7 Å². The average molecular weight is 1870 g/mol. The van der Waals surface area contributed by atoms with E-state index in [9.17, 15) is 24.6 Å². The van der Waals surface area contributed by atoms with Crippen LogP contribution in [0.25, 0.3) is 0 Å². The second-order valence-electron chi connectivity index (χ2n) is 35.7. The van der Waals surface area contributed by atoms with Gasteiger partial charge in [-0.15, -0.1) is 0 Å². The second kappa shape index (κ2) is 68.3. The van der Waals surface area contributed by atoms with Crippen molar-refractivity contribution in [3.8, 4) is 51.7 Å². The lowest BCUT2D eigenvalue weighted by atomic mass is 9.87. The van der Waals surface area contributed by atoms with Crippen LogP contribution in [-0.4, -0.2) is 118 Å². The Bertz CT molecular complexity index is 4340. The zero-order valence-corrected chi connectivity index (χ0v) is 87.3. The number of hydrogen-bond acceptors (Lipinski definition) is 19. The first-order valence-corrected chi connectivity index (χ1v) is 50.4. The molecule has 12 atom stereocenters. The van der Waals surface area contributed by atoms with Crippen LogP contribution in [0.3, 0.4) is 0 Å². The normalized spacial score (nSPS) is 14.9. The predicted molar refractivity (Wildman–Crippen MR) is 551 cm³/mol. The van der Waals surface area contributed by atoms with Crippen molar-refractivity contribution in [2.75, 3.05) is 54.4 Å². The van der Waals surface area contributed by atoms with Crippen molar-refractivity contribution in [3.05, 3.63) is 231 Å². The maximum atomic E-state index is 11.9. The molecule has 2 aliphatic carbocycles. The number of rotatable bonds is 41. The Hall–Kier alpha value is -9.79. The van der Waals surface area contributed by atoms with Gasteiger partial charge in [0.25, 0.3) is 0 Å². The molecule has 19 nitrogen and oxygen atoms in total. The lowest BCUT2D eigenvalue weighted by Crippen LogP contribution is -2.19. The van der Waals surface area contributed by atoms with Gasteiger partial charge in [-0.05, 0) is 313 Å². The first-order valence-electron chi connectivity index (χ1n) is 50.4. The van der Waals surface area contributed by atoms with Gasteiger partial charge in [-0.2, -0.15) is 0 Å². The van der Waals surface area contributed by atoms with Gasteiger partial charge in [0.2, 0.25) is 0 Å². The quantitative estimate of drug-likeness (QED) is 0.0158. The molecule has 0 aromatic heterocycles. The third-order valence-electron chi connectivity index (χ3n) is 25.7. The van der Waals surface area contributed by atoms with Crippen molar-refractivity contribution in [3.63, 3.8) is 0 Å². The summed E-state index contributed by atoms with van der Waals surface area (Å²) in [5.41, 5.74) is 10.7. The molecule has 0 aliphatic heterocycles. The van der Waals surface area contributed by atoms with Gasteiger partial charge in [0, 0.05) is 13.2 Å². The molecule has 0 amide bonds. The molecule has 10 rings (SSSR count). The van der Waals surface area contributed by atoms with Crippen LogP contribution in [0.1, 0.15) is 411 Å². The zero-order valence-electron chi connectivity index (χ0n) is 87.3. The van der Waals surface area contributed by atoms with Crippen LogP contribution in [0.2, 0.25) is 0 Å². The second-order valence-corrected chi connectivity index (χ2v) is 35.7. The molecule has 0 spiro atoms. The fourth-order valence-electron chi connectivity index (χ4n) is 15.0. The van der Waals surface area contributed by atoms with Crippen molar-refractivity contribution in [1.29, 1.82) is 0 Å². The minimum Gasteiger partial charge on any atom is -0.508 e. The number of hydrogen-bond donors (Lipinski definition) is 4. The van der Waals surface area contributed by atoms with Crippen molar-refractivity contribution in [1.82, 2.24) is 0 Å². The summed E-state index contributed by atoms with van der Waals surface area (Å²) < 4.78 is 65.3. The molecule has 8 aromatic rings. The molecule has 19 heteroatoms. The molecule has 4 N–H and O–H groups in total. The molecule has 0 saturated heterocycles. The Morgan fingerprint density at radius 1 is 0.281 bits per heavy atom. The van der Waals surface area contributed by atoms with E-state index in [0.29, 0.717) is 90.0 Å². The molecular weight excluding hydrogens is 1700 g/mol. The lowest BCUT2D eigenvalue weighted by Gasteiger charge is -2.23. The van der Waals surface area contributed by atoms with E-state index in [1.54, 1.807) is 43.3 Å². The number of carbonyl (C=O) groups excluding carboxylic acids is 3. The van der Waals surface area contributed by atoms with E-state index < -0.39 is 24.2 Å². The summed E-state index contributed by atoms with van der Waals surface area (Å²) in [7, 11) is 3.98. The van der Waals surface area contributed by atoms with Crippen LogP contribution in [0, 0.1) is 11.8 Å². The summed E-state index contributed by atoms with van der Waals surface area (Å²) in [5.74, 6) is 8.85. The minimum absolute atomic E-state index is 0.0334. The number of phenols is 4. The SMILES string of the molecule is CCC(C)c1ccc(O)c(C(=O)OC)c1.CCC(C)c1ccc(O)c(C(=O)OC)c1.CCC(C)c1ccc(O)cc1.CCC(C)c1ccc(O)cc1.CCC(C)c1ccc(OC(C)OCCC2CCCCC2)cc1.CCOC(C)Oc1ccc(C(C)CC)cc1.CCOC(C)Oc1ccc(C(C)CC)cc1C(=O)OC.CCOc1cc(C(C)CC)ccc1OC(C)OCCC1CCCCC1. The first kappa shape index (κ1) is 119. The maximum absolute atomic E-state index is 11.9. The number of methoxy groups -OCH3 is 3. The number of aromatic hydroxyl groups is 4. The summed E-state index contributed by atoms with van der Waals surface area (Å²) in [5, 5.41) is 37.0. The van der Waals surface area contributed by atoms with E-state index >= 15 is 0 Å². The van der Waals surface area contributed by atoms with E-state index in [1.807, 2.05) is 114 Å². The van der Waals surface area contributed by atoms with Gasteiger partial charge < -0.3 is 77.3 Å². The Kier molecular flexibility index (Phi) is 60.4. The van der Waals surface area contributed by atoms with Crippen LogP contribution in [-0.2, 0) is 33.2 Å². The summed E-state index contributed by atoms with van der Waals surface area (Å²) in [4.78, 5) is 34.5. The van der Waals surface area contributed by atoms with Gasteiger partial charge in [-0.25, -0.2) is 14.4 Å². The van der Waals surface area contributed by atoms with E-state index in [1.165, 1.54) is 138 Å². The topological polar surface area (TPSA) is 243 Å². The number of esters is 3. The molecule has 752 valence electrons. The molecule has 12 unspecified atom stereocenters. The Balaban J connectivity index is 0.000000403. The van der Waals surface area contributed by atoms with Crippen molar-refractivity contribution >= 4 is 17.9 Å². The predicted octanol–water partition coefficient (Wildman–Crippen LogP) is 31.1. The third-order valence-corrected chi connectivity index (χ3v) is 25.7. The van der Waals surface area contributed by atoms with Gasteiger partial charge in [0.05, 0.1) is 41.2 Å².